The predicted octanol–water partition coefficient (Wildman–Crippen LogP) is 5.06. The van der Waals surface area contributed by atoms with Crippen molar-refractivity contribution in [1.29, 1.82) is 0 Å². The van der Waals surface area contributed by atoms with Crippen LogP contribution in [0.25, 0.3) is 0 Å². The van der Waals surface area contributed by atoms with Gasteiger partial charge in [0.1, 0.15) is 17.3 Å². The zero-order valence-corrected chi connectivity index (χ0v) is 16.9. The number of amides is 1. The van der Waals surface area contributed by atoms with Crippen LogP contribution >= 0.6 is 11.6 Å². The fourth-order valence-electron chi connectivity index (χ4n) is 2.72. The lowest BCUT2D eigenvalue weighted by molar-refractivity contribution is 0.102. The summed E-state index contributed by atoms with van der Waals surface area (Å²) in [5.74, 6) is 0.652. The standard InChI is InChI=1S/C21H21ClN4O2/c1-12-5-6-16(14(3)7-12)25-20-11-23-18(10-24-20)21(27)26-17-8-13(2)15(22)9-19(17)28-4/h5-11H,1-4H3,(H,24,25)(H,26,27). The number of anilines is 3. The Morgan fingerprint density at radius 3 is 2.43 bits per heavy atom. The minimum atomic E-state index is -0.384. The van der Waals surface area contributed by atoms with E-state index >= 15 is 0 Å². The van der Waals surface area contributed by atoms with Gasteiger partial charge in [0.2, 0.25) is 0 Å². The lowest BCUT2D eigenvalue weighted by Crippen LogP contribution is -2.15. The van der Waals surface area contributed by atoms with E-state index in [0.717, 1.165) is 16.8 Å². The Hall–Kier alpha value is -3.12. The zero-order valence-electron chi connectivity index (χ0n) is 16.1. The number of halogens is 1. The molecule has 0 saturated heterocycles. The fourth-order valence-corrected chi connectivity index (χ4v) is 2.87. The maximum atomic E-state index is 12.5. The topological polar surface area (TPSA) is 76.1 Å². The molecule has 3 aromatic rings. The summed E-state index contributed by atoms with van der Waals surface area (Å²) in [6, 6.07) is 9.50. The average molecular weight is 397 g/mol. The van der Waals surface area contributed by atoms with Gasteiger partial charge in [-0.05, 0) is 44.0 Å². The molecule has 2 aromatic carbocycles. The second-order valence-corrected chi connectivity index (χ2v) is 6.89. The van der Waals surface area contributed by atoms with Gasteiger partial charge in [0.25, 0.3) is 5.91 Å². The third-order valence-electron chi connectivity index (χ3n) is 4.26. The third kappa shape index (κ3) is 4.40. The van der Waals surface area contributed by atoms with E-state index in [-0.39, 0.29) is 11.6 Å². The average Bonchev–Trinajstić information content (AvgIpc) is 2.67. The van der Waals surface area contributed by atoms with Gasteiger partial charge in [-0.25, -0.2) is 9.97 Å². The van der Waals surface area contributed by atoms with Crippen LogP contribution in [0, 0.1) is 20.8 Å². The summed E-state index contributed by atoms with van der Waals surface area (Å²) in [6.45, 7) is 5.91. The highest BCUT2D eigenvalue weighted by Gasteiger charge is 2.13. The van der Waals surface area contributed by atoms with Crippen molar-refractivity contribution in [3.05, 3.63) is 70.1 Å². The van der Waals surface area contributed by atoms with Crippen LogP contribution < -0.4 is 15.4 Å². The molecule has 0 bridgehead atoms. The van der Waals surface area contributed by atoms with Crippen LogP contribution in [0.5, 0.6) is 5.75 Å². The lowest BCUT2D eigenvalue weighted by Gasteiger charge is -2.12. The van der Waals surface area contributed by atoms with Gasteiger partial charge in [-0.1, -0.05) is 29.3 Å². The Kier molecular flexibility index (Phi) is 5.80. The molecule has 0 unspecified atom stereocenters. The van der Waals surface area contributed by atoms with Gasteiger partial charge in [0.05, 0.1) is 25.2 Å². The molecule has 0 aliphatic heterocycles. The van der Waals surface area contributed by atoms with Crippen molar-refractivity contribution in [3.8, 4) is 5.75 Å². The number of carbonyl (C=O) groups excluding carboxylic acids is 1. The van der Waals surface area contributed by atoms with Gasteiger partial charge in [0, 0.05) is 16.8 Å². The second-order valence-electron chi connectivity index (χ2n) is 6.49. The van der Waals surface area contributed by atoms with Crippen LogP contribution in [0.1, 0.15) is 27.2 Å². The van der Waals surface area contributed by atoms with Crippen molar-refractivity contribution in [3.63, 3.8) is 0 Å². The first-order chi connectivity index (χ1) is 13.4. The Morgan fingerprint density at radius 2 is 1.79 bits per heavy atom. The summed E-state index contributed by atoms with van der Waals surface area (Å²) in [6.07, 6.45) is 2.95. The molecule has 3 rings (SSSR count). The maximum Gasteiger partial charge on any atom is 0.275 e. The SMILES string of the molecule is COc1cc(Cl)c(C)cc1NC(=O)c1cnc(Nc2ccc(C)cc2C)cn1. The Balaban J connectivity index is 1.74. The van der Waals surface area contributed by atoms with Crippen molar-refractivity contribution in [1.82, 2.24) is 9.97 Å². The van der Waals surface area contributed by atoms with Crippen LogP contribution in [0.15, 0.2) is 42.7 Å². The van der Waals surface area contributed by atoms with Gasteiger partial charge in [-0.3, -0.25) is 4.79 Å². The number of aryl methyl sites for hydroxylation is 3. The summed E-state index contributed by atoms with van der Waals surface area (Å²) in [5.41, 5.74) is 4.78. The Morgan fingerprint density at radius 1 is 1.00 bits per heavy atom. The first-order valence-electron chi connectivity index (χ1n) is 8.69. The lowest BCUT2D eigenvalue weighted by atomic mass is 10.1. The minimum Gasteiger partial charge on any atom is -0.495 e. The predicted molar refractivity (Wildman–Crippen MR) is 112 cm³/mol. The van der Waals surface area contributed by atoms with Crippen LogP contribution in [0.4, 0.5) is 17.2 Å². The highest BCUT2D eigenvalue weighted by molar-refractivity contribution is 6.31. The summed E-state index contributed by atoms with van der Waals surface area (Å²) in [5, 5.41) is 6.56. The number of methoxy groups -OCH3 is 1. The van der Waals surface area contributed by atoms with E-state index in [0.29, 0.717) is 22.3 Å². The van der Waals surface area contributed by atoms with Crippen molar-refractivity contribution < 1.29 is 9.53 Å². The molecule has 0 radical (unpaired) electrons. The summed E-state index contributed by atoms with van der Waals surface area (Å²) >= 11 is 6.10. The molecular weight excluding hydrogens is 376 g/mol. The highest BCUT2D eigenvalue weighted by atomic mass is 35.5. The van der Waals surface area contributed by atoms with E-state index < -0.39 is 0 Å². The second kappa shape index (κ2) is 8.27. The van der Waals surface area contributed by atoms with Gasteiger partial charge in [-0.15, -0.1) is 0 Å². The molecular formula is C21H21ClN4O2. The quantitative estimate of drug-likeness (QED) is 0.630. The third-order valence-corrected chi connectivity index (χ3v) is 4.67. The Labute approximate surface area is 168 Å². The number of nitrogens with zero attached hydrogens (tertiary/aromatic N) is 2. The smallest absolute Gasteiger partial charge is 0.275 e. The molecule has 28 heavy (non-hydrogen) atoms. The number of ether oxygens (including phenoxy) is 1. The van der Waals surface area contributed by atoms with Crippen molar-refractivity contribution >= 4 is 34.7 Å². The molecule has 1 heterocycles. The largest absolute Gasteiger partial charge is 0.495 e. The molecule has 144 valence electrons. The summed E-state index contributed by atoms with van der Waals surface area (Å²) in [7, 11) is 1.52. The van der Waals surface area contributed by atoms with Gasteiger partial charge in [-0.2, -0.15) is 0 Å². The van der Waals surface area contributed by atoms with Crippen LogP contribution in [-0.2, 0) is 0 Å². The Bertz CT molecular complexity index is 1020. The molecule has 0 aliphatic rings. The molecule has 7 heteroatoms. The highest BCUT2D eigenvalue weighted by Crippen LogP contribution is 2.31. The number of rotatable bonds is 5. The summed E-state index contributed by atoms with van der Waals surface area (Å²) in [4.78, 5) is 21.0. The van der Waals surface area contributed by atoms with E-state index in [1.54, 1.807) is 12.1 Å². The number of hydrogen-bond donors (Lipinski definition) is 2. The molecule has 6 nitrogen and oxygen atoms in total. The van der Waals surface area contributed by atoms with E-state index in [2.05, 4.69) is 26.7 Å². The molecule has 1 amide bonds. The molecule has 1 aromatic heterocycles. The van der Waals surface area contributed by atoms with E-state index in [4.69, 9.17) is 16.3 Å². The maximum absolute atomic E-state index is 12.5. The number of carbonyl (C=O) groups is 1. The molecule has 0 aliphatic carbocycles. The molecule has 0 fully saturated rings. The van der Waals surface area contributed by atoms with Crippen LogP contribution in [-0.4, -0.2) is 23.0 Å². The van der Waals surface area contributed by atoms with Crippen LogP contribution in [0.3, 0.4) is 0 Å². The minimum absolute atomic E-state index is 0.195. The first-order valence-corrected chi connectivity index (χ1v) is 9.07. The first kappa shape index (κ1) is 19.6. The van der Waals surface area contributed by atoms with E-state index in [1.165, 1.54) is 25.1 Å². The number of aromatic nitrogens is 2. The van der Waals surface area contributed by atoms with Crippen molar-refractivity contribution in [2.75, 3.05) is 17.7 Å². The van der Waals surface area contributed by atoms with Gasteiger partial charge < -0.3 is 15.4 Å². The number of benzene rings is 2. The number of nitrogens with one attached hydrogen (secondary N) is 2. The monoisotopic (exact) mass is 396 g/mol. The molecule has 0 spiro atoms. The van der Waals surface area contributed by atoms with Crippen LogP contribution in [0.2, 0.25) is 5.02 Å². The van der Waals surface area contributed by atoms with Gasteiger partial charge in [0.15, 0.2) is 0 Å². The summed E-state index contributed by atoms with van der Waals surface area (Å²) < 4.78 is 5.28. The fraction of sp³-hybridized carbons (Fsp3) is 0.190. The van der Waals surface area contributed by atoms with Crippen molar-refractivity contribution in [2.45, 2.75) is 20.8 Å². The molecule has 2 N–H and O–H groups in total. The van der Waals surface area contributed by atoms with Crippen molar-refractivity contribution in [2.24, 2.45) is 0 Å². The van der Waals surface area contributed by atoms with E-state index in [1.807, 2.05) is 32.9 Å². The molecule has 0 saturated carbocycles. The zero-order chi connectivity index (χ0) is 20.3. The van der Waals surface area contributed by atoms with E-state index in [9.17, 15) is 4.79 Å². The number of hydrogen-bond acceptors (Lipinski definition) is 5. The van der Waals surface area contributed by atoms with Gasteiger partial charge >= 0.3 is 0 Å². The molecule has 0 atom stereocenters. The normalized spacial score (nSPS) is 10.5.